The Morgan fingerprint density at radius 3 is 2.70 bits per heavy atom. The van der Waals surface area contributed by atoms with Crippen molar-refractivity contribution >= 4 is 11.8 Å². The summed E-state index contributed by atoms with van der Waals surface area (Å²) in [7, 11) is 2.92. The number of methoxy groups -OCH3 is 2. The van der Waals surface area contributed by atoms with E-state index in [0.29, 0.717) is 41.4 Å². The van der Waals surface area contributed by atoms with Crippen LogP contribution in [-0.2, 0) is 14.3 Å². The fraction of sp³-hybridized carbons (Fsp3) is 0.429. The van der Waals surface area contributed by atoms with Crippen LogP contribution in [0, 0.1) is 0 Å². The van der Waals surface area contributed by atoms with Crippen LogP contribution in [0.4, 0.5) is 0 Å². The number of benzene rings is 1. The maximum atomic E-state index is 12.9. The van der Waals surface area contributed by atoms with Gasteiger partial charge in [0.15, 0.2) is 17.3 Å². The van der Waals surface area contributed by atoms with E-state index in [-0.39, 0.29) is 5.78 Å². The van der Waals surface area contributed by atoms with Gasteiger partial charge in [0.25, 0.3) is 0 Å². The standard InChI is InChI=1S/C21H25NO5/c1-5-27-20-13(8-6-11-16(20)25-3)18-17(21(24)26-4)12(2)22-14-9-7-10-15(23)19(14)18/h6,8,11,18,22H,5,7,9-10H2,1-4H3/t18-/m1/s1. The van der Waals surface area contributed by atoms with Crippen molar-refractivity contribution in [3.05, 3.63) is 46.3 Å². The average molecular weight is 371 g/mol. The van der Waals surface area contributed by atoms with Crippen LogP contribution in [0.5, 0.6) is 11.5 Å². The zero-order valence-corrected chi connectivity index (χ0v) is 16.2. The number of carbonyl (C=O) groups excluding carboxylic acids is 2. The van der Waals surface area contributed by atoms with Crippen LogP contribution in [0.2, 0.25) is 0 Å². The number of hydrogen-bond donors (Lipinski definition) is 1. The molecule has 1 aromatic rings. The molecule has 27 heavy (non-hydrogen) atoms. The van der Waals surface area contributed by atoms with E-state index in [1.807, 2.05) is 32.0 Å². The maximum Gasteiger partial charge on any atom is 0.336 e. The van der Waals surface area contributed by atoms with Crippen LogP contribution in [0.1, 0.15) is 44.6 Å². The third-order valence-electron chi connectivity index (χ3n) is 5.01. The van der Waals surface area contributed by atoms with Gasteiger partial charge in [0.1, 0.15) is 0 Å². The van der Waals surface area contributed by atoms with Gasteiger partial charge < -0.3 is 19.5 Å². The zero-order valence-electron chi connectivity index (χ0n) is 16.2. The first kappa shape index (κ1) is 19.0. The van der Waals surface area contributed by atoms with Gasteiger partial charge in [0.05, 0.1) is 32.3 Å². The maximum absolute atomic E-state index is 12.9. The Morgan fingerprint density at radius 2 is 2.04 bits per heavy atom. The third-order valence-corrected chi connectivity index (χ3v) is 5.01. The summed E-state index contributed by atoms with van der Waals surface area (Å²) in [5.41, 5.74) is 3.37. The van der Waals surface area contributed by atoms with E-state index in [4.69, 9.17) is 14.2 Å². The van der Waals surface area contributed by atoms with E-state index in [9.17, 15) is 9.59 Å². The minimum Gasteiger partial charge on any atom is -0.493 e. The molecule has 0 unspecified atom stereocenters. The van der Waals surface area contributed by atoms with Crippen LogP contribution in [0.3, 0.4) is 0 Å². The van der Waals surface area contributed by atoms with Crippen LogP contribution >= 0.6 is 0 Å². The summed E-state index contributed by atoms with van der Waals surface area (Å²) >= 11 is 0. The average Bonchev–Trinajstić information content (AvgIpc) is 2.67. The molecule has 0 saturated carbocycles. The van der Waals surface area contributed by atoms with Gasteiger partial charge in [0.2, 0.25) is 0 Å². The Bertz CT molecular complexity index is 837. The molecule has 0 fully saturated rings. The summed E-state index contributed by atoms with van der Waals surface area (Å²) in [6.07, 6.45) is 2.05. The second kappa shape index (κ2) is 7.86. The largest absolute Gasteiger partial charge is 0.493 e. The highest BCUT2D eigenvalue weighted by atomic mass is 16.5. The molecule has 0 bridgehead atoms. The van der Waals surface area contributed by atoms with E-state index in [0.717, 1.165) is 24.1 Å². The highest BCUT2D eigenvalue weighted by Gasteiger charge is 2.40. The molecule has 0 amide bonds. The Labute approximate surface area is 159 Å². The Kier molecular flexibility index (Phi) is 5.54. The summed E-state index contributed by atoms with van der Waals surface area (Å²) in [4.78, 5) is 25.5. The normalized spacial score (nSPS) is 19.4. The number of para-hydroxylation sites is 1. The molecule has 1 atom stereocenters. The quantitative estimate of drug-likeness (QED) is 0.801. The lowest BCUT2D eigenvalue weighted by molar-refractivity contribution is -0.136. The first-order valence-electron chi connectivity index (χ1n) is 9.15. The number of allylic oxidation sites excluding steroid dienone is 3. The van der Waals surface area contributed by atoms with Gasteiger partial charge in [-0.05, 0) is 32.8 Å². The van der Waals surface area contributed by atoms with Gasteiger partial charge in [0, 0.05) is 29.0 Å². The van der Waals surface area contributed by atoms with E-state index in [1.165, 1.54) is 7.11 Å². The van der Waals surface area contributed by atoms with Crippen molar-refractivity contribution < 1.29 is 23.8 Å². The zero-order chi connectivity index (χ0) is 19.6. The van der Waals surface area contributed by atoms with Gasteiger partial charge in [-0.15, -0.1) is 0 Å². The lowest BCUT2D eigenvalue weighted by Gasteiger charge is -2.34. The fourth-order valence-electron chi connectivity index (χ4n) is 3.89. The lowest BCUT2D eigenvalue weighted by atomic mass is 9.75. The van der Waals surface area contributed by atoms with Crippen LogP contribution in [0.15, 0.2) is 40.7 Å². The molecule has 1 aromatic carbocycles. The molecule has 2 aliphatic rings. The number of dihydropyridines is 1. The van der Waals surface area contributed by atoms with Crippen molar-refractivity contribution in [3.8, 4) is 11.5 Å². The monoisotopic (exact) mass is 371 g/mol. The van der Waals surface area contributed by atoms with E-state index >= 15 is 0 Å². The first-order valence-corrected chi connectivity index (χ1v) is 9.15. The molecule has 0 spiro atoms. The predicted molar refractivity (Wildman–Crippen MR) is 101 cm³/mol. The van der Waals surface area contributed by atoms with Crippen LogP contribution in [-0.4, -0.2) is 32.6 Å². The van der Waals surface area contributed by atoms with E-state index < -0.39 is 11.9 Å². The number of rotatable bonds is 5. The molecule has 6 heteroatoms. The van der Waals surface area contributed by atoms with Crippen molar-refractivity contribution in [3.63, 3.8) is 0 Å². The second-order valence-electron chi connectivity index (χ2n) is 6.57. The van der Waals surface area contributed by atoms with Gasteiger partial charge in [-0.2, -0.15) is 0 Å². The molecule has 0 aromatic heterocycles. The first-order chi connectivity index (χ1) is 13.0. The number of esters is 1. The van der Waals surface area contributed by atoms with Crippen molar-refractivity contribution in [2.75, 3.05) is 20.8 Å². The number of Topliss-reactive ketones (excluding diaryl/α,β-unsaturated/α-hetero) is 1. The van der Waals surface area contributed by atoms with Gasteiger partial charge in [-0.3, -0.25) is 4.79 Å². The smallest absolute Gasteiger partial charge is 0.336 e. The topological polar surface area (TPSA) is 73.9 Å². The SMILES string of the molecule is CCOc1c(OC)cccc1[C@@H]1C(C(=O)OC)=C(C)NC2=C1C(=O)CCC2. The van der Waals surface area contributed by atoms with Crippen LogP contribution in [0.25, 0.3) is 0 Å². The molecule has 1 N–H and O–H groups in total. The number of carbonyl (C=O) groups is 2. The molecule has 0 saturated heterocycles. The number of ether oxygens (including phenoxy) is 3. The van der Waals surface area contributed by atoms with Gasteiger partial charge in [-0.1, -0.05) is 12.1 Å². The highest BCUT2D eigenvalue weighted by Crippen LogP contribution is 2.47. The van der Waals surface area contributed by atoms with E-state index in [2.05, 4.69) is 5.32 Å². The van der Waals surface area contributed by atoms with Crippen molar-refractivity contribution in [2.45, 2.75) is 39.0 Å². The molecule has 1 heterocycles. The highest BCUT2D eigenvalue weighted by molar-refractivity contribution is 6.04. The Balaban J connectivity index is 2.27. The number of nitrogens with one attached hydrogen (secondary N) is 1. The fourth-order valence-corrected chi connectivity index (χ4v) is 3.89. The summed E-state index contributed by atoms with van der Waals surface area (Å²) < 4.78 is 16.4. The van der Waals surface area contributed by atoms with Crippen molar-refractivity contribution in [1.82, 2.24) is 5.32 Å². The number of hydrogen-bond acceptors (Lipinski definition) is 6. The molecule has 1 aliphatic heterocycles. The molecule has 6 nitrogen and oxygen atoms in total. The summed E-state index contributed by atoms with van der Waals surface area (Å²) in [6.45, 7) is 4.16. The second-order valence-corrected chi connectivity index (χ2v) is 6.57. The third kappa shape index (κ3) is 3.31. The van der Waals surface area contributed by atoms with Gasteiger partial charge in [-0.25, -0.2) is 4.79 Å². The molecular formula is C21H25NO5. The summed E-state index contributed by atoms with van der Waals surface area (Å²) in [5, 5.41) is 3.26. The molecule has 1 aliphatic carbocycles. The summed E-state index contributed by atoms with van der Waals surface area (Å²) in [6, 6.07) is 5.53. The minimum atomic E-state index is -0.543. The van der Waals surface area contributed by atoms with Crippen molar-refractivity contribution in [1.29, 1.82) is 0 Å². The number of ketones is 1. The lowest BCUT2D eigenvalue weighted by Crippen LogP contribution is -2.34. The molecule has 144 valence electrons. The van der Waals surface area contributed by atoms with Crippen LogP contribution < -0.4 is 14.8 Å². The molecular weight excluding hydrogens is 346 g/mol. The summed E-state index contributed by atoms with van der Waals surface area (Å²) in [5.74, 6) is 0.167. The van der Waals surface area contributed by atoms with Crippen molar-refractivity contribution in [2.24, 2.45) is 0 Å². The Hall–Kier alpha value is -2.76. The minimum absolute atomic E-state index is 0.0490. The molecule has 0 radical (unpaired) electrons. The van der Waals surface area contributed by atoms with E-state index in [1.54, 1.807) is 7.11 Å². The van der Waals surface area contributed by atoms with Gasteiger partial charge >= 0.3 is 5.97 Å². The Morgan fingerprint density at radius 1 is 1.26 bits per heavy atom. The predicted octanol–water partition coefficient (Wildman–Crippen LogP) is 3.23. The molecule has 3 rings (SSSR count).